The Balaban J connectivity index is 0.000000523. The van der Waals surface area contributed by atoms with Crippen LogP contribution in [0.3, 0.4) is 0 Å². The first-order valence-electron chi connectivity index (χ1n) is 6.71. The molecule has 15 heteroatoms. The number of benzene rings is 2. The van der Waals surface area contributed by atoms with Gasteiger partial charge in [-0.1, -0.05) is 12.1 Å². The summed E-state index contributed by atoms with van der Waals surface area (Å²) in [6, 6.07) is 6.82. The summed E-state index contributed by atoms with van der Waals surface area (Å²) < 4.78 is 115. The second-order valence-electron chi connectivity index (χ2n) is 4.89. The van der Waals surface area contributed by atoms with Crippen LogP contribution in [0.4, 0.5) is 26.3 Å². The predicted octanol–water partition coefficient (Wildman–Crippen LogP) is 3.37. The van der Waals surface area contributed by atoms with Crippen molar-refractivity contribution in [2.75, 3.05) is 0 Å². The Morgan fingerprint density at radius 3 is 1.10 bits per heavy atom. The molecule has 2 aromatic carbocycles. The first kappa shape index (κ1) is 27.4. The molecule has 160 valence electrons. The van der Waals surface area contributed by atoms with Gasteiger partial charge in [0.2, 0.25) is 0 Å². The number of halogens is 6. The minimum Gasteiger partial charge on any atom is -0.508 e. The normalized spacial score (nSPS) is 12.3. The van der Waals surface area contributed by atoms with Crippen molar-refractivity contribution in [3.05, 3.63) is 48.5 Å². The van der Waals surface area contributed by atoms with Gasteiger partial charge in [0.15, 0.2) is 0 Å². The van der Waals surface area contributed by atoms with Gasteiger partial charge in [-0.3, -0.25) is 0 Å². The van der Waals surface area contributed by atoms with Crippen molar-refractivity contribution in [3.8, 4) is 11.5 Å². The molecule has 0 spiro atoms. The van der Waals surface area contributed by atoms with Crippen molar-refractivity contribution in [1.82, 2.24) is 0 Å². The van der Waals surface area contributed by atoms with Gasteiger partial charge >= 0.3 is 11.0 Å². The van der Waals surface area contributed by atoms with Crippen molar-refractivity contribution >= 4 is 19.7 Å². The molecule has 0 aliphatic rings. The topological polar surface area (TPSA) is 109 Å². The summed E-state index contributed by atoms with van der Waals surface area (Å²) in [5.74, 6) is -1.06. The molecule has 0 bridgehead atoms. The van der Waals surface area contributed by atoms with E-state index in [9.17, 15) is 43.2 Å². The third kappa shape index (κ3) is 6.71. The van der Waals surface area contributed by atoms with Crippen LogP contribution < -0.4 is 0 Å². The van der Waals surface area contributed by atoms with Crippen LogP contribution in [0.2, 0.25) is 0 Å². The molecule has 0 saturated carbocycles. The molecule has 2 N–H and O–H groups in total. The van der Waals surface area contributed by atoms with Crippen molar-refractivity contribution in [2.45, 2.75) is 20.8 Å². The molecular formula is C14H10F6O6S2Zr. The molecule has 0 unspecified atom stereocenters. The first-order chi connectivity index (χ1) is 12.5. The van der Waals surface area contributed by atoms with Gasteiger partial charge in [0.05, 0.1) is 9.79 Å². The van der Waals surface area contributed by atoms with E-state index in [2.05, 4.69) is 0 Å². The van der Waals surface area contributed by atoms with Crippen molar-refractivity contribution < 1.29 is 79.6 Å². The zero-order chi connectivity index (χ0) is 22.0. The fraction of sp³-hybridized carbons (Fsp3) is 0.143. The Morgan fingerprint density at radius 2 is 0.897 bits per heavy atom. The zero-order valence-electron chi connectivity index (χ0n) is 13.7. The van der Waals surface area contributed by atoms with E-state index >= 15 is 0 Å². The molecule has 2 rings (SSSR count). The van der Waals surface area contributed by atoms with Gasteiger partial charge in [0, 0.05) is 26.2 Å². The first-order valence-corrected chi connectivity index (χ1v) is 9.67. The van der Waals surface area contributed by atoms with Gasteiger partial charge < -0.3 is 10.2 Å². The molecule has 0 fully saturated rings. The van der Waals surface area contributed by atoms with Gasteiger partial charge in [-0.2, -0.15) is 26.3 Å². The Kier molecular flexibility index (Phi) is 8.95. The van der Waals surface area contributed by atoms with Crippen molar-refractivity contribution in [1.29, 1.82) is 0 Å². The molecular weight excluding hydrogens is 533 g/mol. The number of rotatable bonds is 2. The smallest absolute Gasteiger partial charge is 0.501 e. The minimum atomic E-state index is -5.36. The number of phenols is 2. The van der Waals surface area contributed by atoms with E-state index in [4.69, 9.17) is 10.2 Å². The van der Waals surface area contributed by atoms with E-state index in [1.165, 1.54) is 0 Å². The summed E-state index contributed by atoms with van der Waals surface area (Å²) in [5, 5.41) is 17.6. The van der Waals surface area contributed by atoms with Gasteiger partial charge in [-0.15, -0.1) is 0 Å². The van der Waals surface area contributed by atoms with E-state index < -0.39 is 52.0 Å². The third-order valence-corrected chi connectivity index (χ3v) is 5.83. The number of alkyl halides is 6. The van der Waals surface area contributed by atoms with E-state index in [0.717, 1.165) is 36.4 Å². The van der Waals surface area contributed by atoms with Crippen molar-refractivity contribution in [2.24, 2.45) is 0 Å². The maximum absolute atomic E-state index is 12.0. The van der Waals surface area contributed by atoms with E-state index in [1.54, 1.807) is 0 Å². The largest absolute Gasteiger partial charge is 0.508 e. The number of phenolic OH excluding ortho intramolecular Hbond substituents is 2. The van der Waals surface area contributed by atoms with Crippen molar-refractivity contribution in [3.63, 3.8) is 0 Å². The zero-order valence-corrected chi connectivity index (χ0v) is 17.8. The molecule has 0 aliphatic carbocycles. The standard InChI is InChI=1S/2C7H5F3O3S.Zr/c2*8-7(9,10)14(12,13)6-3-1-2-5(11)4-6;/h2*1-4,11H;. The molecule has 0 atom stereocenters. The summed E-state index contributed by atoms with van der Waals surface area (Å²) in [6.07, 6.45) is 0. The Bertz CT molecular complexity index is 963. The summed E-state index contributed by atoms with van der Waals surface area (Å²) in [4.78, 5) is -1.94. The van der Waals surface area contributed by atoms with Crippen LogP contribution in [0.15, 0.2) is 58.3 Å². The third-order valence-electron chi connectivity index (χ3n) is 2.87. The molecule has 0 aliphatic heterocycles. The van der Waals surface area contributed by atoms with Gasteiger partial charge in [-0.05, 0) is 36.4 Å². The van der Waals surface area contributed by atoms with Gasteiger partial charge in [0.25, 0.3) is 19.7 Å². The summed E-state index contributed by atoms with van der Waals surface area (Å²) in [7, 11) is -10.7. The SMILES string of the molecule is O=S(=O)(c1cccc(O)c1)C(F)(F)F.O=S(=O)(c1cccc(O)c1)C(F)(F)F.[Zr]. The molecule has 0 aromatic heterocycles. The summed E-state index contributed by atoms with van der Waals surface area (Å²) in [6.45, 7) is 0. The number of sulfone groups is 2. The Labute approximate surface area is 179 Å². The molecule has 0 radical (unpaired) electrons. The Hall–Kier alpha value is -1.60. The quantitative estimate of drug-likeness (QED) is 0.563. The van der Waals surface area contributed by atoms with Crippen LogP contribution in [0, 0.1) is 0 Å². The molecule has 29 heavy (non-hydrogen) atoms. The second-order valence-corrected chi connectivity index (χ2v) is 8.78. The molecule has 0 heterocycles. The summed E-state index contributed by atoms with van der Waals surface area (Å²) >= 11 is 0. The fourth-order valence-electron chi connectivity index (χ4n) is 1.57. The molecule has 2 aromatic rings. The molecule has 0 amide bonds. The number of hydrogen-bond donors (Lipinski definition) is 2. The van der Waals surface area contributed by atoms with Crippen LogP contribution in [-0.2, 0) is 45.9 Å². The average molecular weight is 544 g/mol. The molecule has 0 saturated heterocycles. The molecule has 6 nitrogen and oxygen atoms in total. The van der Waals surface area contributed by atoms with Crippen LogP contribution >= 0.6 is 0 Å². The van der Waals surface area contributed by atoms with Gasteiger partial charge in [-0.25, -0.2) is 16.8 Å². The van der Waals surface area contributed by atoms with Gasteiger partial charge in [0.1, 0.15) is 11.5 Å². The van der Waals surface area contributed by atoms with E-state index in [0.29, 0.717) is 12.1 Å². The maximum Gasteiger partial charge on any atom is 0.501 e. The van der Waals surface area contributed by atoms with E-state index in [1.807, 2.05) is 0 Å². The van der Waals surface area contributed by atoms with Crippen LogP contribution in [0.1, 0.15) is 0 Å². The number of aromatic hydroxyl groups is 2. The van der Waals surface area contributed by atoms with Crippen LogP contribution in [0.5, 0.6) is 11.5 Å². The predicted molar refractivity (Wildman–Crippen MR) is 82.7 cm³/mol. The maximum atomic E-state index is 12.0. The summed E-state index contributed by atoms with van der Waals surface area (Å²) in [5.41, 5.74) is -10.7. The van der Waals surface area contributed by atoms with Crippen LogP contribution in [0.25, 0.3) is 0 Å². The fourth-order valence-corrected chi connectivity index (χ4v) is 3.17. The minimum absolute atomic E-state index is 0. The van der Waals surface area contributed by atoms with E-state index in [-0.39, 0.29) is 26.2 Å². The number of hydrogen-bond acceptors (Lipinski definition) is 6. The monoisotopic (exact) mass is 542 g/mol. The average Bonchev–Trinajstić information content (AvgIpc) is 2.53. The second kappa shape index (κ2) is 9.48. The Morgan fingerprint density at radius 1 is 0.621 bits per heavy atom. The van der Waals surface area contributed by atoms with Crippen LogP contribution in [-0.4, -0.2) is 38.1 Å².